The number of rotatable bonds is 9. The van der Waals surface area contributed by atoms with Gasteiger partial charge in [-0.15, -0.1) is 13.2 Å². The lowest BCUT2D eigenvalue weighted by Gasteiger charge is -2.14. The zero-order valence-electron chi connectivity index (χ0n) is 11.4. The third-order valence-electron chi connectivity index (χ3n) is 2.87. The Kier molecular flexibility index (Phi) is 6.60. The Morgan fingerprint density at radius 1 is 1.53 bits per heavy atom. The van der Waals surface area contributed by atoms with Gasteiger partial charge >= 0.3 is 5.82 Å². The summed E-state index contributed by atoms with van der Waals surface area (Å²) in [7, 11) is 1.88. The second-order valence-electron chi connectivity index (χ2n) is 4.29. The molecule has 1 N–H and O–H groups in total. The molecule has 0 saturated carbocycles. The van der Waals surface area contributed by atoms with Crippen molar-refractivity contribution in [2.75, 3.05) is 0 Å². The van der Waals surface area contributed by atoms with Crippen LogP contribution in [0.3, 0.4) is 0 Å². The van der Waals surface area contributed by atoms with Crippen molar-refractivity contribution in [2.45, 2.75) is 32.1 Å². The van der Waals surface area contributed by atoms with Crippen molar-refractivity contribution in [2.24, 2.45) is 12.2 Å². The number of allylic oxidation sites excluding steroid dienone is 1. The first kappa shape index (κ1) is 15.2. The summed E-state index contributed by atoms with van der Waals surface area (Å²) in [5.41, 5.74) is 0. The van der Waals surface area contributed by atoms with E-state index >= 15 is 0 Å². The van der Waals surface area contributed by atoms with Gasteiger partial charge in [0.2, 0.25) is 0 Å². The number of aromatic nitrogens is 2. The maximum absolute atomic E-state index is 8.64. The molecule has 0 bridgehead atoms. The highest BCUT2D eigenvalue weighted by molar-refractivity contribution is 5.72. The Bertz CT molecular complexity index is 438. The van der Waals surface area contributed by atoms with Gasteiger partial charge in [-0.3, -0.25) is 0 Å². The molecular weight excluding hydrogens is 242 g/mol. The van der Waals surface area contributed by atoms with Gasteiger partial charge in [-0.1, -0.05) is 17.3 Å². The summed E-state index contributed by atoms with van der Waals surface area (Å²) in [6.45, 7) is 7.88. The molecule has 1 rings (SSSR count). The lowest BCUT2D eigenvalue weighted by atomic mass is 10.1. The summed E-state index contributed by atoms with van der Waals surface area (Å²) >= 11 is 0. The van der Waals surface area contributed by atoms with E-state index in [2.05, 4.69) is 18.3 Å². The first-order valence-corrected chi connectivity index (χ1v) is 6.28. The van der Waals surface area contributed by atoms with Gasteiger partial charge in [-0.05, 0) is 19.3 Å². The third-order valence-corrected chi connectivity index (χ3v) is 2.87. The van der Waals surface area contributed by atoms with E-state index in [0.717, 1.165) is 25.1 Å². The Morgan fingerprint density at radius 2 is 2.32 bits per heavy atom. The van der Waals surface area contributed by atoms with Crippen LogP contribution in [-0.4, -0.2) is 22.1 Å². The monoisotopic (exact) mass is 264 g/mol. The van der Waals surface area contributed by atoms with Crippen molar-refractivity contribution in [1.29, 1.82) is 0 Å². The summed E-state index contributed by atoms with van der Waals surface area (Å²) in [4.78, 5) is 0. The highest BCUT2D eigenvalue weighted by Gasteiger charge is 2.14. The highest BCUT2D eigenvalue weighted by atomic mass is 16.5. The molecule has 0 spiro atoms. The second-order valence-corrected chi connectivity index (χ2v) is 4.29. The molecule has 0 saturated heterocycles. The topological polar surface area (TPSA) is 50.6 Å². The zero-order valence-corrected chi connectivity index (χ0v) is 11.4. The van der Waals surface area contributed by atoms with E-state index in [9.17, 15) is 0 Å². The first-order chi connectivity index (χ1) is 9.22. The molecule has 1 aromatic heterocycles. The first-order valence-electron chi connectivity index (χ1n) is 6.28. The highest BCUT2D eigenvalue weighted by Crippen LogP contribution is 2.09. The Balaban J connectivity index is 2.62. The Labute approximate surface area is 114 Å². The van der Waals surface area contributed by atoms with E-state index in [-0.39, 0.29) is 6.10 Å². The molecule has 0 amide bonds. The van der Waals surface area contributed by atoms with Crippen LogP contribution in [0.5, 0.6) is 0 Å². The maximum Gasteiger partial charge on any atom is 0.305 e. The minimum atomic E-state index is 0.127. The molecule has 0 aromatic carbocycles. The minimum absolute atomic E-state index is 0.127. The molecule has 5 nitrogen and oxygen atoms in total. The van der Waals surface area contributed by atoms with E-state index in [1.807, 2.05) is 40.7 Å². The number of ether oxygens (including phenoxy) is 1. The van der Waals surface area contributed by atoms with Crippen molar-refractivity contribution < 1.29 is 14.5 Å². The van der Waals surface area contributed by atoms with Gasteiger partial charge in [0.25, 0.3) is 0 Å². The van der Waals surface area contributed by atoms with Gasteiger partial charge < -0.3 is 9.94 Å². The molecule has 0 aliphatic heterocycles. The number of oxime groups is 1. The number of hydrogen-bond acceptors (Lipinski definition) is 3. The lowest BCUT2D eigenvalue weighted by molar-refractivity contribution is -0.672. The van der Waals surface area contributed by atoms with E-state index < -0.39 is 0 Å². The normalized spacial score (nSPS) is 12.7. The largest absolute Gasteiger partial charge is 0.411 e. The van der Waals surface area contributed by atoms with Crippen LogP contribution in [0, 0.1) is 0 Å². The summed E-state index contributed by atoms with van der Waals surface area (Å²) in [6.07, 6.45) is 11.7. The van der Waals surface area contributed by atoms with Gasteiger partial charge in [0.1, 0.15) is 12.4 Å². The smallest absolute Gasteiger partial charge is 0.305 e. The molecule has 1 unspecified atom stereocenters. The molecule has 1 aromatic rings. The summed E-state index contributed by atoms with van der Waals surface area (Å²) < 4.78 is 9.59. The van der Waals surface area contributed by atoms with Crippen molar-refractivity contribution in [1.82, 2.24) is 4.57 Å². The van der Waals surface area contributed by atoms with E-state index in [4.69, 9.17) is 9.94 Å². The van der Waals surface area contributed by atoms with Crippen molar-refractivity contribution >= 4 is 6.21 Å². The van der Waals surface area contributed by atoms with Crippen LogP contribution in [-0.2, 0) is 18.5 Å². The van der Waals surface area contributed by atoms with Gasteiger partial charge in [0.05, 0.1) is 13.2 Å². The summed E-state index contributed by atoms with van der Waals surface area (Å²) in [5, 5.41) is 11.7. The minimum Gasteiger partial charge on any atom is -0.411 e. The van der Waals surface area contributed by atoms with E-state index in [1.54, 1.807) is 0 Å². The van der Waals surface area contributed by atoms with Gasteiger partial charge in [-0.25, -0.2) is 9.13 Å². The van der Waals surface area contributed by atoms with Gasteiger partial charge in [0.15, 0.2) is 12.9 Å². The van der Waals surface area contributed by atoms with Crippen molar-refractivity contribution in [3.63, 3.8) is 0 Å². The van der Waals surface area contributed by atoms with Crippen molar-refractivity contribution in [3.8, 4) is 0 Å². The average molecular weight is 264 g/mol. The molecule has 0 aliphatic rings. The molecule has 0 fully saturated rings. The number of imidazole rings is 1. The number of nitrogens with zero attached hydrogens (tertiary/aromatic N) is 3. The predicted molar refractivity (Wildman–Crippen MR) is 74.1 cm³/mol. The van der Waals surface area contributed by atoms with Gasteiger partial charge in [0, 0.05) is 0 Å². The molecule has 0 aliphatic carbocycles. The average Bonchev–Trinajstić information content (AvgIpc) is 2.75. The van der Waals surface area contributed by atoms with Crippen LogP contribution in [0.25, 0.3) is 0 Å². The van der Waals surface area contributed by atoms with E-state index in [1.165, 1.54) is 6.21 Å². The van der Waals surface area contributed by atoms with Crippen LogP contribution >= 0.6 is 0 Å². The van der Waals surface area contributed by atoms with Crippen LogP contribution < -0.4 is 4.57 Å². The Morgan fingerprint density at radius 3 is 2.95 bits per heavy atom. The molecule has 104 valence electrons. The van der Waals surface area contributed by atoms with Crippen molar-refractivity contribution in [3.05, 3.63) is 43.5 Å². The second kappa shape index (κ2) is 8.26. The maximum atomic E-state index is 8.64. The molecule has 5 heteroatoms. The molecule has 1 heterocycles. The summed E-state index contributed by atoms with van der Waals surface area (Å²) in [6, 6.07) is 0. The van der Waals surface area contributed by atoms with Crippen LogP contribution in [0.1, 0.15) is 25.1 Å². The molecule has 1 atom stereocenters. The summed E-state index contributed by atoms with van der Waals surface area (Å²) in [5.74, 6) is 0.767. The van der Waals surface area contributed by atoms with Gasteiger partial charge in [-0.2, -0.15) is 0 Å². The molecule has 0 radical (unpaired) electrons. The number of hydrogen-bond donors (Lipinski definition) is 1. The van der Waals surface area contributed by atoms with E-state index in [0.29, 0.717) is 6.73 Å². The lowest BCUT2D eigenvalue weighted by Crippen LogP contribution is -2.32. The quantitative estimate of drug-likeness (QED) is 0.244. The third kappa shape index (κ3) is 4.71. The Hall–Kier alpha value is -1.88. The van der Waals surface area contributed by atoms with Crippen LogP contribution in [0.2, 0.25) is 0 Å². The predicted octanol–water partition coefficient (Wildman–Crippen LogP) is 2.01. The SMILES string of the molecule is C=CCCC(CC=C)OCn1cc[n+](C)c1/C=N\O. The fraction of sp³-hybridized carbons (Fsp3) is 0.429. The molecule has 19 heavy (non-hydrogen) atoms. The number of aryl methyl sites for hydroxylation is 1. The standard InChI is InChI=1S/C14H21N3O2/c1-4-6-8-13(7-5-2)19-12-17-10-9-16(3)14(17)11-15-18/h4-5,9-11,13H,1-2,6-8,12H2,3H3/p+1. The van der Waals surface area contributed by atoms with Crippen LogP contribution in [0.4, 0.5) is 0 Å². The zero-order chi connectivity index (χ0) is 14.1. The molecular formula is C14H22N3O2+. The van der Waals surface area contributed by atoms with Crippen LogP contribution in [0.15, 0.2) is 42.9 Å². The fourth-order valence-corrected chi connectivity index (χ4v) is 1.81. The fourth-order valence-electron chi connectivity index (χ4n) is 1.81.